The Hall–Kier alpha value is -2.72. The standard InChI is InChI=1S/C29H27Cl2FN4O3S/c1-38-28(37)18-11-24-23(12-22(18)32)34-29(40-24)36-16-7-8-17(36)10-15(9-16)33-13-19-26(35-39-27(19)14-5-6-14)25-20(30)3-2-4-21(25)31/h2-4,11-12,14-17,33H,5-10,13H2,1H3. The van der Waals surface area contributed by atoms with Crippen LogP contribution in [0.2, 0.25) is 10.0 Å². The Morgan fingerprint density at radius 3 is 2.58 bits per heavy atom. The lowest BCUT2D eigenvalue weighted by Crippen LogP contribution is -2.49. The van der Waals surface area contributed by atoms with Gasteiger partial charge in [-0.05, 0) is 56.7 Å². The minimum absolute atomic E-state index is 0.0622. The van der Waals surface area contributed by atoms with E-state index in [4.69, 9.17) is 37.4 Å². The third-order valence-corrected chi connectivity index (χ3v) is 10.0. The third kappa shape index (κ3) is 4.57. The molecule has 7 rings (SSSR count). The molecule has 7 nitrogen and oxygen atoms in total. The van der Waals surface area contributed by atoms with Crippen molar-refractivity contribution in [2.75, 3.05) is 12.0 Å². The number of halogens is 3. The molecule has 1 N–H and O–H groups in total. The summed E-state index contributed by atoms with van der Waals surface area (Å²) in [7, 11) is 1.25. The first-order valence-electron chi connectivity index (χ1n) is 13.5. The SMILES string of the molecule is COC(=O)c1cc2sc(N3C4CCC3CC(NCc3c(-c5c(Cl)cccc5Cl)noc3C3CC3)C4)nc2cc1F. The molecule has 1 aliphatic carbocycles. The summed E-state index contributed by atoms with van der Waals surface area (Å²) in [5, 5.41) is 10.2. The van der Waals surface area contributed by atoms with Crippen molar-refractivity contribution in [3.63, 3.8) is 0 Å². The zero-order valence-electron chi connectivity index (χ0n) is 21.8. The Balaban J connectivity index is 1.10. The first-order valence-corrected chi connectivity index (χ1v) is 15.1. The van der Waals surface area contributed by atoms with E-state index in [1.807, 2.05) is 18.2 Å². The molecule has 2 aromatic heterocycles. The first-order chi connectivity index (χ1) is 19.4. The summed E-state index contributed by atoms with van der Waals surface area (Å²) in [6.45, 7) is 0.632. The van der Waals surface area contributed by atoms with Crippen molar-refractivity contribution >= 4 is 55.9 Å². The summed E-state index contributed by atoms with van der Waals surface area (Å²) >= 11 is 14.6. The molecule has 2 aliphatic heterocycles. The summed E-state index contributed by atoms with van der Waals surface area (Å²) in [5.74, 6) is 0.0469. The lowest BCUT2D eigenvalue weighted by Gasteiger charge is -2.39. The van der Waals surface area contributed by atoms with E-state index in [1.54, 1.807) is 6.07 Å². The number of hydrogen-bond acceptors (Lipinski definition) is 8. The number of carbonyl (C=O) groups excluding carboxylic acids is 1. The maximum absolute atomic E-state index is 14.5. The molecule has 0 spiro atoms. The Bertz CT molecular complexity index is 1590. The van der Waals surface area contributed by atoms with E-state index in [-0.39, 0.29) is 5.56 Å². The Morgan fingerprint density at radius 2 is 1.90 bits per heavy atom. The van der Waals surface area contributed by atoms with Crippen LogP contribution in [0.4, 0.5) is 9.52 Å². The fraction of sp³-hybridized carbons (Fsp3) is 0.414. The average Bonchev–Trinajstić information content (AvgIpc) is 3.48. The van der Waals surface area contributed by atoms with Gasteiger partial charge in [0, 0.05) is 47.8 Å². The second-order valence-corrected chi connectivity index (χ2v) is 12.7. The molecular formula is C29H27Cl2FN4O3S. The molecular weight excluding hydrogens is 574 g/mol. The summed E-state index contributed by atoms with van der Waals surface area (Å²) < 4.78 is 25.9. The fourth-order valence-corrected chi connectivity index (χ4v) is 8.00. The fourth-order valence-electron chi connectivity index (χ4n) is 6.30. The number of rotatable bonds is 7. The normalized spacial score (nSPS) is 22.3. The number of methoxy groups -OCH3 is 1. The zero-order chi connectivity index (χ0) is 27.5. The van der Waals surface area contributed by atoms with E-state index >= 15 is 0 Å². The zero-order valence-corrected chi connectivity index (χ0v) is 24.1. The number of nitrogens with zero attached hydrogens (tertiary/aromatic N) is 3. The molecule has 40 heavy (non-hydrogen) atoms. The van der Waals surface area contributed by atoms with E-state index in [0.29, 0.717) is 46.2 Å². The molecule has 4 aromatic rings. The number of hydrogen-bond donors (Lipinski definition) is 1. The van der Waals surface area contributed by atoms with Crippen molar-refractivity contribution in [1.82, 2.24) is 15.5 Å². The molecule has 3 fully saturated rings. The molecule has 2 aromatic carbocycles. The van der Waals surface area contributed by atoms with Crippen molar-refractivity contribution in [3.05, 3.63) is 63.1 Å². The molecule has 0 radical (unpaired) electrons. The van der Waals surface area contributed by atoms with Crippen molar-refractivity contribution in [2.24, 2.45) is 0 Å². The summed E-state index contributed by atoms with van der Waals surface area (Å²) in [6, 6.07) is 9.36. The number of anilines is 1. The van der Waals surface area contributed by atoms with Gasteiger partial charge in [-0.3, -0.25) is 0 Å². The number of aromatic nitrogens is 2. The van der Waals surface area contributed by atoms with Crippen LogP contribution in [0.1, 0.15) is 66.1 Å². The highest BCUT2D eigenvalue weighted by Gasteiger charge is 2.42. The molecule has 3 aliphatic rings. The van der Waals surface area contributed by atoms with Gasteiger partial charge in [-0.2, -0.15) is 0 Å². The molecule has 2 saturated heterocycles. The molecule has 2 unspecified atom stereocenters. The lowest BCUT2D eigenvalue weighted by atomic mass is 9.97. The second kappa shape index (κ2) is 10.3. The van der Waals surface area contributed by atoms with Crippen molar-refractivity contribution in [1.29, 1.82) is 0 Å². The van der Waals surface area contributed by atoms with Crippen LogP contribution in [0.3, 0.4) is 0 Å². The second-order valence-electron chi connectivity index (χ2n) is 10.9. The van der Waals surface area contributed by atoms with E-state index in [2.05, 4.69) is 15.4 Å². The van der Waals surface area contributed by atoms with E-state index in [0.717, 1.165) is 70.9 Å². The Kier molecular flexibility index (Phi) is 6.73. The number of piperidine rings is 1. The number of benzene rings is 2. The third-order valence-electron chi connectivity index (χ3n) is 8.36. The van der Waals surface area contributed by atoms with Crippen LogP contribution in [0.25, 0.3) is 21.5 Å². The van der Waals surface area contributed by atoms with Crippen LogP contribution in [0.5, 0.6) is 0 Å². The van der Waals surface area contributed by atoms with Crippen LogP contribution >= 0.6 is 34.5 Å². The van der Waals surface area contributed by atoms with Crippen molar-refractivity contribution in [3.8, 4) is 11.3 Å². The van der Waals surface area contributed by atoms with Crippen molar-refractivity contribution in [2.45, 2.75) is 69.1 Å². The van der Waals surface area contributed by atoms with Crippen LogP contribution in [0.15, 0.2) is 34.9 Å². The number of ether oxygens (including phenoxy) is 1. The highest BCUT2D eigenvalue weighted by Crippen LogP contribution is 2.46. The lowest BCUT2D eigenvalue weighted by molar-refractivity contribution is 0.0595. The molecule has 0 amide bonds. The van der Waals surface area contributed by atoms with Crippen LogP contribution in [-0.4, -0.2) is 41.3 Å². The van der Waals surface area contributed by atoms with Gasteiger partial charge in [0.25, 0.3) is 0 Å². The maximum atomic E-state index is 14.5. The molecule has 4 heterocycles. The topological polar surface area (TPSA) is 80.5 Å². The highest BCUT2D eigenvalue weighted by molar-refractivity contribution is 7.22. The van der Waals surface area contributed by atoms with E-state index in [9.17, 15) is 9.18 Å². The van der Waals surface area contributed by atoms with E-state index in [1.165, 1.54) is 24.5 Å². The number of fused-ring (bicyclic) bond motifs is 3. The van der Waals surface area contributed by atoms with Gasteiger partial charge in [-0.1, -0.05) is 45.8 Å². The maximum Gasteiger partial charge on any atom is 0.340 e. The smallest absolute Gasteiger partial charge is 0.340 e. The van der Waals surface area contributed by atoms with Gasteiger partial charge in [-0.25, -0.2) is 14.2 Å². The predicted molar refractivity (Wildman–Crippen MR) is 154 cm³/mol. The largest absolute Gasteiger partial charge is 0.465 e. The number of thiazole rings is 1. The molecule has 2 bridgehead atoms. The number of nitrogens with one attached hydrogen (secondary N) is 1. The number of carbonyl (C=O) groups is 1. The minimum Gasteiger partial charge on any atom is -0.465 e. The van der Waals surface area contributed by atoms with Gasteiger partial charge in [0.05, 0.1) is 32.9 Å². The molecule has 208 valence electrons. The summed E-state index contributed by atoms with van der Waals surface area (Å²) in [6.07, 6.45) is 6.32. The van der Waals surface area contributed by atoms with Gasteiger partial charge >= 0.3 is 5.97 Å². The number of esters is 1. The van der Waals surface area contributed by atoms with Crippen molar-refractivity contribution < 1.29 is 18.4 Å². The first kappa shape index (κ1) is 26.2. The monoisotopic (exact) mass is 600 g/mol. The van der Waals surface area contributed by atoms with Crippen LogP contribution in [0, 0.1) is 5.82 Å². The summed E-state index contributed by atoms with van der Waals surface area (Å²) in [4.78, 5) is 19.1. The predicted octanol–water partition coefficient (Wildman–Crippen LogP) is 7.35. The average molecular weight is 602 g/mol. The van der Waals surface area contributed by atoms with Crippen LogP contribution in [-0.2, 0) is 11.3 Å². The minimum atomic E-state index is -0.682. The molecule has 11 heteroatoms. The van der Waals surface area contributed by atoms with Gasteiger partial charge in [0.1, 0.15) is 17.3 Å². The Labute approximate surface area is 244 Å². The van der Waals surface area contributed by atoms with Gasteiger partial charge < -0.3 is 19.5 Å². The highest BCUT2D eigenvalue weighted by atomic mass is 35.5. The quantitative estimate of drug-likeness (QED) is 0.222. The van der Waals surface area contributed by atoms with Crippen LogP contribution < -0.4 is 10.2 Å². The van der Waals surface area contributed by atoms with Gasteiger partial charge in [-0.15, -0.1) is 0 Å². The summed E-state index contributed by atoms with van der Waals surface area (Å²) in [5.41, 5.74) is 2.99. The molecule has 2 atom stereocenters. The van der Waals surface area contributed by atoms with E-state index < -0.39 is 11.8 Å². The van der Waals surface area contributed by atoms with Gasteiger partial charge in [0.15, 0.2) is 5.13 Å². The van der Waals surface area contributed by atoms with Gasteiger partial charge in [0.2, 0.25) is 0 Å². The molecule has 1 saturated carbocycles. The Morgan fingerprint density at radius 1 is 1.18 bits per heavy atom.